The Hall–Kier alpha value is -7.82. The first-order valence-electron chi connectivity index (χ1n) is 41.5. The van der Waals surface area contributed by atoms with Crippen LogP contribution < -0.4 is 14.7 Å². The zero-order chi connectivity index (χ0) is 84.4. The third kappa shape index (κ3) is 15.6. The quantitative estimate of drug-likeness (QED) is 0.130. The van der Waals surface area contributed by atoms with E-state index in [-0.39, 0.29) is 87.9 Å². The summed E-state index contributed by atoms with van der Waals surface area (Å²) >= 11 is 13.0. The Kier molecular flexibility index (Phi) is 23.8. The molecular weight excluding hydrogens is 1520 g/mol. The van der Waals surface area contributed by atoms with Crippen LogP contribution in [0.2, 0.25) is 10.0 Å². The number of likely N-dealkylation sites (tertiary alicyclic amines) is 6. The van der Waals surface area contributed by atoms with E-state index in [2.05, 4.69) is 95.2 Å². The highest BCUT2D eigenvalue weighted by Gasteiger charge is 2.59. The molecule has 0 saturated carbocycles. The summed E-state index contributed by atoms with van der Waals surface area (Å²) in [6.07, 6.45) is 3.22. The molecular formula is C93H115Cl2F6N9O6. The first kappa shape index (κ1) is 86.0. The Morgan fingerprint density at radius 3 is 0.966 bits per heavy atom. The largest absolute Gasteiger partial charge is 0.342 e. The molecule has 15 nitrogen and oxygen atoms in total. The first-order valence-corrected chi connectivity index (χ1v) is 42.3. The zero-order valence-electron chi connectivity index (χ0n) is 70.7. The van der Waals surface area contributed by atoms with Crippen LogP contribution in [-0.4, -0.2) is 178 Å². The van der Waals surface area contributed by atoms with Crippen LogP contribution in [0, 0.1) is 73.4 Å². The van der Waals surface area contributed by atoms with Crippen molar-refractivity contribution in [2.75, 3.05) is 93.2 Å². The average molecular weight is 1640 g/mol. The molecule has 6 aromatic carbocycles. The fraction of sp³-hybridized carbons (Fsp3) is 0.548. The molecule has 15 rings (SSSR count). The molecule has 0 bridgehead atoms. The molecule has 0 unspecified atom stereocenters. The number of halogens is 8. The predicted molar refractivity (Wildman–Crippen MR) is 446 cm³/mol. The lowest BCUT2D eigenvalue weighted by Gasteiger charge is -2.40. The Labute approximate surface area is 691 Å². The summed E-state index contributed by atoms with van der Waals surface area (Å²) in [6.45, 7) is 42.7. The predicted octanol–water partition coefficient (Wildman–Crippen LogP) is 17.5. The van der Waals surface area contributed by atoms with Crippen LogP contribution in [0.4, 0.5) is 43.4 Å². The number of nitrogens with zero attached hydrogens (tertiary/aromatic N) is 9. The van der Waals surface area contributed by atoms with E-state index in [9.17, 15) is 55.1 Å². The number of aryl methyl sites for hydroxylation is 3. The number of rotatable bonds is 9. The highest BCUT2D eigenvalue weighted by molar-refractivity contribution is 6.32. The molecule has 0 radical (unpaired) electrons. The number of piperidine rings is 3. The van der Waals surface area contributed by atoms with Crippen LogP contribution >= 0.6 is 23.2 Å². The maximum atomic E-state index is 14.9. The number of benzene rings is 6. The van der Waals surface area contributed by atoms with Gasteiger partial charge in [0.05, 0.1) is 34.0 Å². The van der Waals surface area contributed by atoms with Gasteiger partial charge in [0.1, 0.15) is 34.9 Å². The van der Waals surface area contributed by atoms with Crippen molar-refractivity contribution < 1.29 is 55.1 Å². The Morgan fingerprint density at radius 2 is 0.655 bits per heavy atom. The summed E-state index contributed by atoms with van der Waals surface area (Å²) in [5.74, 6) is -5.89. The van der Waals surface area contributed by atoms with E-state index in [0.29, 0.717) is 144 Å². The van der Waals surface area contributed by atoms with Crippen LogP contribution in [0.15, 0.2) is 97.1 Å². The van der Waals surface area contributed by atoms with E-state index in [1.165, 1.54) is 36.4 Å². The fourth-order valence-corrected chi connectivity index (χ4v) is 20.6. The van der Waals surface area contributed by atoms with Crippen molar-refractivity contribution in [2.24, 2.45) is 17.8 Å². The minimum absolute atomic E-state index is 0.00375. The molecule has 116 heavy (non-hydrogen) atoms. The van der Waals surface area contributed by atoms with Gasteiger partial charge in [-0.3, -0.25) is 43.5 Å². The average Bonchev–Trinajstić information content (AvgIpc) is 1.57. The molecule has 6 aromatic rings. The van der Waals surface area contributed by atoms with Crippen molar-refractivity contribution in [2.45, 2.75) is 232 Å². The summed E-state index contributed by atoms with van der Waals surface area (Å²) < 4.78 is 85.8. The van der Waals surface area contributed by atoms with Gasteiger partial charge in [-0.2, -0.15) is 0 Å². The van der Waals surface area contributed by atoms with Crippen molar-refractivity contribution in [1.29, 1.82) is 0 Å². The smallest absolute Gasteiger partial charge is 0.238 e. The number of carbonyl (C=O) groups excluding carboxylic acids is 6. The number of hydrogen-bond acceptors (Lipinski definition) is 9. The van der Waals surface area contributed by atoms with E-state index in [1.807, 2.05) is 116 Å². The standard InChI is InChI=1S/2C31H38ClF2N3O2.C31H39F2N3O2/c1-18(2)37-27-13-19(3)25(32)15-24(27)31(29(37)39)9-11-35(12-10-31)28(38)23-17-36(30(4,5)6)16-22(23)21-8-7-20(33)14-26(21)34;1-18(2)37-27-15-25(32)19(3)13-24(27)31(29(37)39)9-11-35(12-10-31)28(38)23-17-36(30(4,5)6)16-22(23)21-8-7-20(33)14-26(21)34;1-19(2)36-27-10-7-20(3)15-25(27)31(29(36)38)11-13-34(14-12-31)28(37)24-18-35(30(4,5)6)17-23(24)22-9-8-21(32)16-26(22)33/h2*7-8,13-15,18,22-23H,9-12,16-17H2,1-6H3;7-10,15-16,19,23-24H,11-14,17-18H2,1-6H3/t2*22-,23+;23-,24+/m000/s1. The summed E-state index contributed by atoms with van der Waals surface area (Å²) in [4.78, 5) is 101. The van der Waals surface area contributed by atoms with Crippen molar-refractivity contribution >= 4 is 75.7 Å². The molecule has 23 heteroatoms. The summed E-state index contributed by atoms with van der Waals surface area (Å²) in [7, 11) is 0. The van der Waals surface area contributed by atoms with Crippen LogP contribution in [-0.2, 0) is 45.0 Å². The van der Waals surface area contributed by atoms with Gasteiger partial charge in [-0.1, -0.05) is 65.2 Å². The highest BCUT2D eigenvalue weighted by atomic mass is 35.5. The normalized spacial score (nSPS) is 23.4. The van der Waals surface area contributed by atoms with Gasteiger partial charge in [-0.25, -0.2) is 26.3 Å². The number of anilines is 3. The van der Waals surface area contributed by atoms with Crippen molar-refractivity contribution in [3.8, 4) is 0 Å². The molecule has 9 heterocycles. The molecule has 0 aliphatic carbocycles. The first-order chi connectivity index (χ1) is 54.3. The van der Waals surface area contributed by atoms with E-state index in [0.717, 1.165) is 68.6 Å². The van der Waals surface area contributed by atoms with Crippen molar-refractivity contribution in [3.63, 3.8) is 0 Å². The molecule has 6 amide bonds. The third-order valence-corrected chi connectivity index (χ3v) is 27.9. The number of fused-ring (bicyclic) bond motifs is 6. The monoisotopic (exact) mass is 1640 g/mol. The minimum Gasteiger partial charge on any atom is -0.342 e. The van der Waals surface area contributed by atoms with Gasteiger partial charge in [0.2, 0.25) is 35.4 Å². The summed E-state index contributed by atoms with van der Waals surface area (Å²) in [5.41, 5.74) is 7.37. The maximum Gasteiger partial charge on any atom is 0.238 e. The van der Waals surface area contributed by atoms with E-state index in [1.54, 1.807) is 0 Å². The molecule has 6 fully saturated rings. The lowest BCUT2D eigenvalue weighted by atomic mass is 9.73. The molecule has 0 aromatic heterocycles. The second kappa shape index (κ2) is 32.0. The van der Waals surface area contributed by atoms with Gasteiger partial charge in [0.25, 0.3) is 0 Å². The van der Waals surface area contributed by atoms with Gasteiger partial charge in [0, 0.05) is 176 Å². The number of hydrogen-bond donors (Lipinski definition) is 0. The molecule has 6 saturated heterocycles. The second-order valence-electron chi connectivity index (χ2n) is 38.2. The molecule has 0 N–H and O–H groups in total. The second-order valence-corrected chi connectivity index (χ2v) is 39.0. The van der Waals surface area contributed by atoms with Gasteiger partial charge in [-0.05, 0) is 250 Å². The zero-order valence-corrected chi connectivity index (χ0v) is 72.2. The maximum absolute atomic E-state index is 14.9. The third-order valence-electron chi connectivity index (χ3n) is 27.1. The minimum atomic E-state index is -0.705. The van der Waals surface area contributed by atoms with Crippen molar-refractivity contribution in [1.82, 2.24) is 29.4 Å². The number of carbonyl (C=O) groups is 6. The highest BCUT2D eigenvalue weighted by Crippen LogP contribution is 2.55. The molecule has 9 aliphatic heterocycles. The summed E-state index contributed by atoms with van der Waals surface area (Å²) in [6, 6.07) is 25.1. The van der Waals surface area contributed by atoms with E-state index < -0.39 is 68.9 Å². The SMILES string of the molecule is Cc1cc2c(cc1Cl)C1(CCN(C(=O)[C@@H]3CN(C(C)(C)C)C[C@H]3c3ccc(F)cc3F)CC1)C(=O)N2C(C)C.Cc1cc2c(cc1Cl)N(C(C)C)C(=O)C21CCN(C(=O)[C@@H]2CN(C(C)(C)C)C[C@H]2c2ccc(F)cc2F)CC1.Cc1ccc2c(c1)C1(CCN(C(=O)[C@@H]3CN(C(C)(C)C)C[C@H]3c3ccc(F)cc3F)CC1)C(=O)N2C(C)C. The molecule has 624 valence electrons. The van der Waals surface area contributed by atoms with E-state index >= 15 is 0 Å². The molecule has 3 spiro atoms. The van der Waals surface area contributed by atoms with Gasteiger partial charge >= 0.3 is 0 Å². The Balaban J connectivity index is 0.000000151. The van der Waals surface area contributed by atoms with Crippen LogP contribution in [0.25, 0.3) is 0 Å². The van der Waals surface area contributed by atoms with Gasteiger partial charge in [0.15, 0.2) is 0 Å². The Morgan fingerprint density at radius 1 is 0.371 bits per heavy atom. The summed E-state index contributed by atoms with van der Waals surface area (Å²) in [5, 5.41) is 1.28. The molecule has 6 atom stereocenters. The lowest BCUT2D eigenvalue weighted by molar-refractivity contribution is -0.139. The van der Waals surface area contributed by atoms with Crippen LogP contribution in [0.1, 0.15) is 210 Å². The van der Waals surface area contributed by atoms with Crippen LogP contribution in [0.5, 0.6) is 0 Å². The Bertz CT molecular complexity index is 4630. The van der Waals surface area contributed by atoms with Gasteiger partial charge < -0.3 is 29.4 Å². The topological polar surface area (TPSA) is 132 Å². The van der Waals surface area contributed by atoms with Crippen molar-refractivity contribution in [3.05, 3.63) is 192 Å². The lowest BCUT2D eigenvalue weighted by Crippen LogP contribution is -2.52. The molecule has 9 aliphatic rings. The van der Waals surface area contributed by atoms with E-state index in [4.69, 9.17) is 23.2 Å². The number of amides is 6. The fourth-order valence-electron chi connectivity index (χ4n) is 20.3. The van der Waals surface area contributed by atoms with Gasteiger partial charge in [-0.15, -0.1) is 0 Å². The van der Waals surface area contributed by atoms with Crippen LogP contribution in [0.3, 0.4) is 0 Å².